The Kier molecular flexibility index (Phi) is 5.76. The zero-order valence-corrected chi connectivity index (χ0v) is 15.4. The largest absolute Gasteiger partial charge is 0.326 e. The van der Waals surface area contributed by atoms with Crippen LogP contribution in [0.1, 0.15) is 59.3 Å². The van der Waals surface area contributed by atoms with Crippen LogP contribution in [-0.4, -0.2) is 61.8 Å². The summed E-state index contributed by atoms with van der Waals surface area (Å²) in [7, 11) is 4.97. The van der Waals surface area contributed by atoms with Crippen molar-refractivity contribution in [2.45, 2.75) is 65.3 Å². The Morgan fingerprint density at radius 2 is 1.57 bits per heavy atom. The minimum atomic E-state index is 0.859. The fourth-order valence-electron chi connectivity index (χ4n) is 4.89. The first kappa shape index (κ1) is 17.3. The van der Waals surface area contributed by atoms with Crippen molar-refractivity contribution in [2.24, 2.45) is 11.8 Å². The van der Waals surface area contributed by atoms with Gasteiger partial charge in [0.05, 0.1) is 52.9 Å². The van der Waals surface area contributed by atoms with E-state index >= 15 is 0 Å². The molecule has 1 aliphatic carbocycles. The average Bonchev–Trinajstić information content (AvgIpc) is 2.84. The predicted octanol–water partition coefficient (Wildman–Crippen LogP) is 3.91. The van der Waals surface area contributed by atoms with Crippen LogP contribution in [0.5, 0.6) is 0 Å². The van der Waals surface area contributed by atoms with E-state index in [-0.39, 0.29) is 0 Å². The van der Waals surface area contributed by atoms with E-state index in [1.165, 1.54) is 80.2 Å². The number of hydrogen-bond acceptors (Lipinski definition) is 0. The number of quaternary nitrogens is 2. The molecule has 1 aliphatic heterocycles. The van der Waals surface area contributed by atoms with Crippen molar-refractivity contribution in [1.29, 1.82) is 0 Å². The van der Waals surface area contributed by atoms with Crippen molar-refractivity contribution in [2.75, 3.05) is 46.8 Å². The average molecular weight is 297 g/mol. The van der Waals surface area contributed by atoms with Gasteiger partial charge in [-0.3, -0.25) is 0 Å². The predicted molar refractivity (Wildman–Crippen MR) is 92.2 cm³/mol. The summed E-state index contributed by atoms with van der Waals surface area (Å²) in [4.78, 5) is 0. The molecular weight excluding hydrogens is 256 g/mol. The molecule has 1 unspecified atom stereocenters. The molecule has 4 atom stereocenters. The number of fused-ring (bicyclic) bond motifs is 1. The number of likely N-dealkylation sites (tertiary alicyclic amines) is 1. The van der Waals surface area contributed by atoms with Crippen molar-refractivity contribution in [1.82, 2.24) is 0 Å². The van der Waals surface area contributed by atoms with E-state index < -0.39 is 0 Å². The van der Waals surface area contributed by atoms with Crippen molar-refractivity contribution >= 4 is 0 Å². The summed E-state index contributed by atoms with van der Waals surface area (Å²) in [5, 5.41) is 0. The minimum absolute atomic E-state index is 0.859. The molecule has 124 valence electrons. The number of nitrogens with zero attached hydrogens (tertiary/aromatic N) is 2. The van der Waals surface area contributed by atoms with Crippen LogP contribution >= 0.6 is 0 Å². The van der Waals surface area contributed by atoms with Crippen LogP contribution < -0.4 is 0 Å². The molecule has 0 aromatic heterocycles. The molecule has 1 saturated carbocycles. The van der Waals surface area contributed by atoms with Crippen molar-refractivity contribution < 1.29 is 8.97 Å². The highest BCUT2D eigenvalue weighted by atomic mass is 15.4. The summed E-state index contributed by atoms with van der Waals surface area (Å²) in [6.45, 7) is 14.1. The highest BCUT2D eigenvalue weighted by Gasteiger charge is 2.45. The Hall–Kier alpha value is -0.0800. The van der Waals surface area contributed by atoms with Gasteiger partial charge in [-0.25, -0.2) is 0 Å². The van der Waals surface area contributed by atoms with Gasteiger partial charge in [0, 0.05) is 24.7 Å². The molecule has 2 rings (SSSR count). The molecular formula is C19H40N2+2. The summed E-state index contributed by atoms with van der Waals surface area (Å²) in [5.74, 6) is 2.11. The first-order chi connectivity index (χ1) is 9.92. The summed E-state index contributed by atoms with van der Waals surface area (Å²) < 4.78 is 2.62. The van der Waals surface area contributed by atoms with E-state index in [0.29, 0.717) is 0 Å². The quantitative estimate of drug-likeness (QED) is 0.625. The summed E-state index contributed by atoms with van der Waals surface area (Å²) in [6.07, 6.45) is 8.86. The zero-order chi connectivity index (χ0) is 15.5. The summed E-state index contributed by atoms with van der Waals surface area (Å²) >= 11 is 0. The molecule has 2 heteroatoms. The molecule has 0 amide bonds. The van der Waals surface area contributed by atoms with Crippen LogP contribution in [0, 0.1) is 11.8 Å². The highest BCUT2D eigenvalue weighted by Crippen LogP contribution is 2.40. The van der Waals surface area contributed by atoms with Gasteiger partial charge in [0.2, 0.25) is 0 Å². The molecule has 2 aliphatic rings. The second kappa shape index (κ2) is 7.00. The van der Waals surface area contributed by atoms with Gasteiger partial charge in [-0.1, -0.05) is 12.8 Å². The second-order valence-corrected chi connectivity index (χ2v) is 8.62. The Morgan fingerprint density at radius 1 is 1.05 bits per heavy atom. The third kappa shape index (κ3) is 4.01. The molecule has 0 radical (unpaired) electrons. The van der Waals surface area contributed by atoms with Gasteiger partial charge in [-0.05, 0) is 33.6 Å². The van der Waals surface area contributed by atoms with Crippen molar-refractivity contribution in [3.05, 3.63) is 0 Å². The van der Waals surface area contributed by atoms with Crippen molar-refractivity contribution in [3.8, 4) is 0 Å². The molecule has 0 aromatic carbocycles. The monoisotopic (exact) mass is 296 g/mol. The van der Waals surface area contributed by atoms with Crippen LogP contribution in [0.3, 0.4) is 0 Å². The second-order valence-electron chi connectivity index (χ2n) is 8.62. The van der Waals surface area contributed by atoms with E-state index in [4.69, 9.17) is 0 Å². The topological polar surface area (TPSA) is 0 Å². The SMILES string of the molecule is CC[N+](C)(CC)CCC[C@@H](C)[N+]1(C)C[C@H]2CCCC[C@H]2C1. The third-order valence-electron chi connectivity index (χ3n) is 7.28. The van der Waals surface area contributed by atoms with Crippen LogP contribution in [0.25, 0.3) is 0 Å². The zero-order valence-electron chi connectivity index (χ0n) is 15.4. The van der Waals surface area contributed by atoms with Crippen LogP contribution in [0.4, 0.5) is 0 Å². The molecule has 2 nitrogen and oxygen atoms in total. The molecule has 0 aromatic rings. The highest BCUT2D eigenvalue weighted by molar-refractivity contribution is 4.81. The molecule has 0 bridgehead atoms. The molecule has 2 fully saturated rings. The normalized spacial score (nSPS) is 34.7. The van der Waals surface area contributed by atoms with Crippen LogP contribution in [0.2, 0.25) is 0 Å². The van der Waals surface area contributed by atoms with Crippen LogP contribution in [0.15, 0.2) is 0 Å². The van der Waals surface area contributed by atoms with E-state index in [2.05, 4.69) is 34.9 Å². The van der Waals surface area contributed by atoms with Gasteiger partial charge < -0.3 is 8.97 Å². The first-order valence-corrected chi connectivity index (χ1v) is 9.60. The van der Waals surface area contributed by atoms with Gasteiger partial charge >= 0.3 is 0 Å². The molecule has 1 saturated heterocycles. The lowest BCUT2D eigenvalue weighted by Gasteiger charge is -2.38. The van der Waals surface area contributed by atoms with E-state index in [1.54, 1.807) is 0 Å². The standard InChI is InChI=1S/C19H40N2/c1-6-20(4,7-2)14-10-11-17(3)21(5)15-18-12-8-9-13-19(18)16-21/h17-19H,6-16H2,1-5H3/q+2/t17-,18-,19+,21?/m1/s1. The van der Waals surface area contributed by atoms with Crippen molar-refractivity contribution in [3.63, 3.8) is 0 Å². The molecule has 0 N–H and O–H groups in total. The summed E-state index contributed by atoms with van der Waals surface area (Å²) in [5.41, 5.74) is 0. The number of rotatable bonds is 7. The van der Waals surface area contributed by atoms with E-state index in [9.17, 15) is 0 Å². The molecule has 0 spiro atoms. The Morgan fingerprint density at radius 3 is 2.05 bits per heavy atom. The lowest BCUT2D eigenvalue weighted by molar-refractivity contribution is -0.925. The van der Waals surface area contributed by atoms with Gasteiger partial charge in [-0.2, -0.15) is 0 Å². The Labute approximate surface area is 133 Å². The van der Waals surface area contributed by atoms with Crippen LogP contribution in [-0.2, 0) is 0 Å². The maximum absolute atomic E-state index is 2.55. The van der Waals surface area contributed by atoms with Gasteiger partial charge in [0.1, 0.15) is 0 Å². The van der Waals surface area contributed by atoms with Gasteiger partial charge in [0.15, 0.2) is 0 Å². The smallest absolute Gasteiger partial charge is 0.0862 e. The maximum atomic E-state index is 2.55. The van der Waals surface area contributed by atoms with E-state index in [1.807, 2.05) is 0 Å². The minimum Gasteiger partial charge on any atom is -0.326 e. The lowest BCUT2D eigenvalue weighted by atomic mass is 9.82. The molecule has 1 heterocycles. The summed E-state index contributed by atoms with van der Waals surface area (Å²) in [6, 6.07) is 0.859. The lowest BCUT2D eigenvalue weighted by Crippen LogP contribution is -2.50. The Balaban J connectivity index is 1.81. The van der Waals surface area contributed by atoms with Gasteiger partial charge in [-0.15, -0.1) is 0 Å². The molecule has 21 heavy (non-hydrogen) atoms. The maximum Gasteiger partial charge on any atom is 0.0862 e. The number of hydrogen-bond donors (Lipinski definition) is 0. The third-order valence-corrected chi connectivity index (χ3v) is 7.28. The van der Waals surface area contributed by atoms with E-state index in [0.717, 1.165) is 17.9 Å². The fraction of sp³-hybridized carbons (Fsp3) is 1.00. The van der Waals surface area contributed by atoms with Gasteiger partial charge in [0.25, 0.3) is 0 Å². The first-order valence-electron chi connectivity index (χ1n) is 9.60. The fourth-order valence-corrected chi connectivity index (χ4v) is 4.89. The Bertz CT molecular complexity index is 308.